The fourth-order valence-corrected chi connectivity index (χ4v) is 1.96. The van der Waals surface area contributed by atoms with Crippen LogP contribution < -0.4 is 0 Å². The zero-order chi connectivity index (χ0) is 12.0. The summed E-state index contributed by atoms with van der Waals surface area (Å²) >= 11 is 1.50. The summed E-state index contributed by atoms with van der Waals surface area (Å²) in [5.41, 5.74) is 0. The highest BCUT2D eigenvalue weighted by atomic mass is 32.2. The molecule has 0 N–H and O–H groups in total. The Hall–Kier alpha value is -1.04. The Balaban J connectivity index is 2.60. The molecule has 0 saturated heterocycles. The molecule has 0 unspecified atom stereocenters. The number of hydrogen-bond acceptors (Lipinski definition) is 6. The Morgan fingerprint density at radius 3 is 2.62 bits per heavy atom. The van der Waals surface area contributed by atoms with Crippen molar-refractivity contribution in [1.29, 1.82) is 0 Å². The van der Waals surface area contributed by atoms with Gasteiger partial charge in [0.2, 0.25) is 0 Å². The van der Waals surface area contributed by atoms with Crippen LogP contribution in [0.15, 0.2) is 9.64 Å². The molecule has 0 atom stereocenters. The van der Waals surface area contributed by atoms with Crippen molar-refractivity contribution in [2.45, 2.75) is 44.1 Å². The number of carbonyl (C=O) groups excluding carboxylic acids is 1. The lowest BCUT2D eigenvalue weighted by atomic mass is 10.3. The van der Waals surface area contributed by atoms with Gasteiger partial charge < -0.3 is 9.15 Å². The van der Waals surface area contributed by atoms with Gasteiger partial charge in [0, 0.05) is 5.25 Å². The summed E-state index contributed by atoms with van der Waals surface area (Å²) in [6, 6.07) is 0. The fourth-order valence-electron chi connectivity index (χ4n) is 1.13. The highest BCUT2D eigenvalue weighted by molar-refractivity contribution is 7.99. The molecule has 0 bridgehead atoms. The van der Waals surface area contributed by atoms with Crippen molar-refractivity contribution in [1.82, 2.24) is 10.2 Å². The van der Waals surface area contributed by atoms with Gasteiger partial charge in [-0.3, -0.25) is 0 Å². The van der Waals surface area contributed by atoms with Gasteiger partial charge in [0.05, 0.1) is 6.61 Å². The molecule has 0 fully saturated rings. The quantitative estimate of drug-likeness (QED) is 0.566. The first-order valence-corrected chi connectivity index (χ1v) is 6.26. The highest BCUT2D eigenvalue weighted by Gasteiger charge is 2.17. The third-order valence-corrected chi connectivity index (χ3v) is 3.40. The van der Waals surface area contributed by atoms with E-state index in [1.165, 1.54) is 11.8 Å². The molecule has 0 radical (unpaired) electrons. The number of esters is 1. The molecule has 1 aromatic heterocycles. The highest BCUT2D eigenvalue weighted by Crippen LogP contribution is 2.26. The van der Waals surface area contributed by atoms with Crippen LogP contribution in [-0.4, -0.2) is 28.0 Å². The van der Waals surface area contributed by atoms with Crippen molar-refractivity contribution in [3.63, 3.8) is 0 Å². The van der Waals surface area contributed by atoms with Gasteiger partial charge in [-0.15, -0.1) is 5.10 Å². The van der Waals surface area contributed by atoms with Crippen molar-refractivity contribution >= 4 is 17.7 Å². The molecule has 1 aromatic rings. The lowest BCUT2D eigenvalue weighted by Crippen LogP contribution is -2.04. The Bertz CT molecular complexity index is 337. The molecule has 6 heteroatoms. The molecule has 90 valence electrons. The number of aromatic nitrogens is 2. The van der Waals surface area contributed by atoms with Crippen LogP contribution in [0.25, 0.3) is 0 Å². The second kappa shape index (κ2) is 6.52. The van der Waals surface area contributed by atoms with Gasteiger partial charge in [-0.05, 0) is 19.8 Å². The lowest BCUT2D eigenvalue weighted by Gasteiger charge is -2.06. The minimum atomic E-state index is -0.564. The minimum absolute atomic E-state index is 0.0738. The molecular weight excluding hydrogens is 228 g/mol. The van der Waals surface area contributed by atoms with Crippen LogP contribution in [0.1, 0.15) is 44.3 Å². The van der Waals surface area contributed by atoms with E-state index in [9.17, 15) is 4.79 Å². The smallest absolute Gasteiger partial charge is 0.396 e. The van der Waals surface area contributed by atoms with Crippen LogP contribution in [0.2, 0.25) is 0 Å². The summed E-state index contributed by atoms with van der Waals surface area (Å²) in [5, 5.41) is 8.31. The van der Waals surface area contributed by atoms with Gasteiger partial charge in [-0.2, -0.15) is 0 Å². The van der Waals surface area contributed by atoms with E-state index < -0.39 is 5.97 Å². The molecule has 0 aliphatic heterocycles. The largest absolute Gasteiger partial charge is 0.459 e. The van der Waals surface area contributed by atoms with E-state index in [4.69, 9.17) is 9.15 Å². The Labute approximate surface area is 99.0 Å². The first kappa shape index (κ1) is 13.0. The SMILES string of the molecule is CCOC(=O)c1nnc(SC(CC)CC)o1. The van der Waals surface area contributed by atoms with Crippen molar-refractivity contribution in [3.05, 3.63) is 5.89 Å². The van der Waals surface area contributed by atoms with Crippen LogP contribution in [-0.2, 0) is 4.74 Å². The van der Waals surface area contributed by atoms with Gasteiger partial charge in [0.25, 0.3) is 5.22 Å². The van der Waals surface area contributed by atoms with E-state index >= 15 is 0 Å². The van der Waals surface area contributed by atoms with Gasteiger partial charge in [-0.25, -0.2) is 4.79 Å². The second-order valence-corrected chi connectivity index (χ2v) is 4.40. The summed E-state index contributed by atoms with van der Waals surface area (Å²) in [4.78, 5) is 11.3. The number of nitrogens with zero attached hydrogens (tertiary/aromatic N) is 2. The second-order valence-electron chi connectivity index (χ2n) is 3.15. The lowest BCUT2D eigenvalue weighted by molar-refractivity contribution is 0.0475. The minimum Gasteiger partial charge on any atom is -0.459 e. The van der Waals surface area contributed by atoms with E-state index in [0.29, 0.717) is 17.1 Å². The van der Waals surface area contributed by atoms with Crippen LogP contribution in [0.3, 0.4) is 0 Å². The van der Waals surface area contributed by atoms with E-state index in [-0.39, 0.29) is 5.89 Å². The van der Waals surface area contributed by atoms with Gasteiger partial charge >= 0.3 is 11.9 Å². The number of carbonyl (C=O) groups is 1. The predicted molar refractivity (Wildman–Crippen MR) is 60.5 cm³/mol. The summed E-state index contributed by atoms with van der Waals surface area (Å²) < 4.78 is 9.95. The molecule has 0 spiro atoms. The van der Waals surface area contributed by atoms with E-state index in [2.05, 4.69) is 24.0 Å². The molecule has 5 nitrogen and oxygen atoms in total. The van der Waals surface area contributed by atoms with Crippen molar-refractivity contribution < 1.29 is 13.9 Å². The van der Waals surface area contributed by atoms with Crippen molar-refractivity contribution in [2.75, 3.05) is 6.61 Å². The number of ether oxygens (including phenoxy) is 1. The summed E-state index contributed by atoms with van der Waals surface area (Å²) in [6.45, 7) is 6.23. The monoisotopic (exact) mass is 244 g/mol. The standard InChI is InChI=1S/C10H16N2O3S/c1-4-7(5-2)16-10-12-11-8(15-10)9(13)14-6-3/h7H,4-6H2,1-3H3. The van der Waals surface area contributed by atoms with Crippen LogP contribution in [0, 0.1) is 0 Å². The number of rotatable bonds is 6. The molecule has 1 rings (SSSR count). The first-order valence-electron chi connectivity index (χ1n) is 5.38. The topological polar surface area (TPSA) is 65.2 Å². The maximum Gasteiger partial charge on any atom is 0.396 e. The first-order chi connectivity index (χ1) is 7.71. The maximum atomic E-state index is 11.3. The average Bonchev–Trinajstić information content (AvgIpc) is 2.74. The molecule has 1 heterocycles. The summed E-state index contributed by atoms with van der Waals surface area (Å²) in [7, 11) is 0. The van der Waals surface area contributed by atoms with E-state index in [1.807, 2.05) is 0 Å². The maximum absolute atomic E-state index is 11.3. The zero-order valence-corrected chi connectivity index (χ0v) is 10.5. The summed E-state index contributed by atoms with van der Waals surface area (Å²) in [5.74, 6) is -0.637. The van der Waals surface area contributed by atoms with Crippen LogP contribution in [0.5, 0.6) is 0 Å². The molecule has 0 saturated carbocycles. The third-order valence-electron chi connectivity index (χ3n) is 2.03. The third kappa shape index (κ3) is 3.52. The van der Waals surface area contributed by atoms with Crippen LogP contribution in [0.4, 0.5) is 0 Å². The molecule has 0 aliphatic carbocycles. The van der Waals surface area contributed by atoms with Gasteiger partial charge in [0.15, 0.2) is 0 Å². The number of hydrogen-bond donors (Lipinski definition) is 0. The predicted octanol–water partition coefficient (Wildman–Crippen LogP) is 2.53. The Kier molecular flexibility index (Phi) is 5.31. The zero-order valence-electron chi connectivity index (χ0n) is 9.73. The molecular formula is C10H16N2O3S. The normalized spacial score (nSPS) is 10.8. The van der Waals surface area contributed by atoms with Crippen molar-refractivity contribution in [2.24, 2.45) is 0 Å². The van der Waals surface area contributed by atoms with Crippen LogP contribution >= 0.6 is 11.8 Å². The Morgan fingerprint density at radius 2 is 2.06 bits per heavy atom. The molecule has 0 amide bonds. The average molecular weight is 244 g/mol. The van der Waals surface area contributed by atoms with Gasteiger partial charge in [0.1, 0.15) is 0 Å². The summed E-state index contributed by atoms with van der Waals surface area (Å²) in [6.07, 6.45) is 2.05. The Morgan fingerprint density at radius 1 is 1.38 bits per heavy atom. The molecule has 0 aliphatic rings. The molecule has 0 aromatic carbocycles. The molecule has 16 heavy (non-hydrogen) atoms. The van der Waals surface area contributed by atoms with E-state index in [0.717, 1.165) is 12.8 Å². The fraction of sp³-hybridized carbons (Fsp3) is 0.700. The van der Waals surface area contributed by atoms with Gasteiger partial charge in [-0.1, -0.05) is 30.7 Å². The van der Waals surface area contributed by atoms with E-state index in [1.54, 1.807) is 6.92 Å². The van der Waals surface area contributed by atoms with Crippen molar-refractivity contribution in [3.8, 4) is 0 Å². The number of thioether (sulfide) groups is 1.